The summed E-state index contributed by atoms with van der Waals surface area (Å²) in [5, 5.41) is 4.06. The van der Waals surface area contributed by atoms with Crippen molar-refractivity contribution in [2.24, 2.45) is 5.16 Å². The van der Waals surface area contributed by atoms with E-state index in [1.807, 2.05) is 0 Å². The lowest BCUT2D eigenvalue weighted by atomic mass is 10.0. The molecular formula is C20H27BrFNO5. The molecule has 1 aromatic carbocycles. The molecule has 0 fully saturated rings. The third-order valence-electron chi connectivity index (χ3n) is 3.85. The number of esters is 1. The lowest BCUT2D eigenvalue weighted by molar-refractivity contribution is -0.162. The summed E-state index contributed by atoms with van der Waals surface area (Å²) in [5.74, 6) is -0.882. The van der Waals surface area contributed by atoms with Crippen molar-refractivity contribution in [2.45, 2.75) is 65.3 Å². The second-order valence-electron chi connectivity index (χ2n) is 7.54. The van der Waals surface area contributed by atoms with Gasteiger partial charge in [0.05, 0.1) is 4.47 Å². The van der Waals surface area contributed by atoms with Crippen LogP contribution in [0.3, 0.4) is 0 Å². The fraction of sp³-hybridized carbons (Fsp3) is 0.600. The maximum atomic E-state index is 14.2. The Hall–Kier alpha value is -1.67. The standard InChI is InChI=1S/C20H27BrFNO5/c1-6-7-8-25-17-11-26-23-18(17)13-9-14(21)15(22)10-16(13)27-12(2)19(24)28-20(3,4)5/h9-10,12,17H,6-8,11H2,1-5H3/t12-,17+/m0/s1. The first-order chi connectivity index (χ1) is 13.1. The molecule has 0 bridgehead atoms. The van der Waals surface area contributed by atoms with E-state index in [0.717, 1.165) is 12.8 Å². The van der Waals surface area contributed by atoms with Crippen molar-refractivity contribution < 1.29 is 28.2 Å². The topological polar surface area (TPSA) is 66.3 Å². The molecule has 0 radical (unpaired) electrons. The second-order valence-corrected chi connectivity index (χ2v) is 8.40. The van der Waals surface area contributed by atoms with E-state index in [4.69, 9.17) is 19.0 Å². The van der Waals surface area contributed by atoms with Gasteiger partial charge in [-0.25, -0.2) is 9.18 Å². The molecule has 1 aliphatic rings. The fourth-order valence-electron chi connectivity index (χ4n) is 2.48. The van der Waals surface area contributed by atoms with E-state index in [9.17, 15) is 9.18 Å². The number of hydrogen-bond donors (Lipinski definition) is 0. The van der Waals surface area contributed by atoms with Gasteiger partial charge in [-0.15, -0.1) is 0 Å². The maximum Gasteiger partial charge on any atom is 0.347 e. The van der Waals surface area contributed by atoms with Crippen LogP contribution in [0.1, 0.15) is 53.0 Å². The van der Waals surface area contributed by atoms with Crippen molar-refractivity contribution >= 4 is 27.6 Å². The molecule has 1 heterocycles. The van der Waals surface area contributed by atoms with Gasteiger partial charge in [-0.1, -0.05) is 18.5 Å². The van der Waals surface area contributed by atoms with Crippen molar-refractivity contribution in [1.82, 2.24) is 0 Å². The van der Waals surface area contributed by atoms with E-state index < -0.39 is 23.5 Å². The molecule has 0 aliphatic carbocycles. The van der Waals surface area contributed by atoms with Crippen LogP contribution in [-0.4, -0.2) is 42.7 Å². The van der Waals surface area contributed by atoms with E-state index >= 15 is 0 Å². The summed E-state index contributed by atoms with van der Waals surface area (Å²) in [4.78, 5) is 17.5. The van der Waals surface area contributed by atoms with Gasteiger partial charge in [0.25, 0.3) is 0 Å². The van der Waals surface area contributed by atoms with Gasteiger partial charge in [-0.05, 0) is 56.1 Å². The highest BCUT2D eigenvalue weighted by molar-refractivity contribution is 9.10. The number of halogens is 2. The van der Waals surface area contributed by atoms with E-state index in [2.05, 4.69) is 28.0 Å². The van der Waals surface area contributed by atoms with Crippen molar-refractivity contribution in [3.8, 4) is 5.75 Å². The van der Waals surface area contributed by atoms with E-state index in [1.165, 1.54) is 6.07 Å². The van der Waals surface area contributed by atoms with Crippen molar-refractivity contribution in [2.75, 3.05) is 13.2 Å². The number of benzene rings is 1. The van der Waals surface area contributed by atoms with E-state index in [1.54, 1.807) is 33.8 Å². The van der Waals surface area contributed by atoms with Crippen molar-refractivity contribution in [3.63, 3.8) is 0 Å². The van der Waals surface area contributed by atoms with Gasteiger partial charge in [0, 0.05) is 18.2 Å². The molecular weight excluding hydrogens is 433 g/mol. The van der Waals surface area contributed by atoms with Crippen LogP contribution in [0.4, 0.5) is 4.39 Å². The highest BCUT2D eigenvalue weighted by Gasteiger charge is 2.31. The zero-order valence-corrected chi connectivity index (χ0v) is 18.5. The molecule has 0 N–H and O–H groups in total. The lowest BCUT2D eigenvalue weighted by Gasteiger charge is -2.23. The molecule has 0 unspecified atom stereocenters. The summed E-state index contributed by atoms with van der Waals surface area (Å²) >= 11 is 3.19. The van der Waals surface area contributed by atoms with Gasteiger partial charge in [0.15, 0.2) is 6.10 Å². The normalized spacial score (nSPS) is 17.7. The number of carbonyl (C=O) groups excluding carboxylic acids is 1. The lowest BCUT2D eigenvalue weighted by Crippen LogP contribution is -2.34. The minimum atomic E-state index is -0.930. The first-order valence-electron chi connectivity index (χ1n) is 9.32. The molecule has 0 aromatic heterocycles. The Labute approximate surface area is 173 Å². The molecule has 1 aliphatic heterocycles. The van der Waals surface area contributed by atoms with Gasteiger partial charge in [-0.3, -0.25) is 0 Å². The molecule has 156 valence electrons. The van der Waals surface area contributed by atoms with Crippen LogP contribution in [0.5, 0.6) is 5.75 Å². The number of unbranched alkanes of at least 4 members (excludes halogenated alkanes) is 1. The Morgan fingerprint density at radius 1 is 1.43 bits per heavy atom. The molecule has 1 aromatic rings. The Morgan fingerprint density at radius 3 is 2.79 bits per heavy atom. The fourth-order valence-corrected chi connectivity index (χ4v) is 2.82. The molecule has 2 atom stereocenters. The van der Waals surface area contributed by atoms with Gasteiger partial charge < -0.3 is 19.0 Å². The smallest absolute Gasteiger partial charge is 0.347 e. The molecule has 6 nitrogen and oxygen atoms in total. The first kappa shape index (κ1) is 22.6. The summed E-state index contributed by atoms with van der Waals surface area (Å²) in [6.07, 6.45) is 0.601. The third kappa shape index (κ3) is 6.17. The summed E-state index contributed by atoms with van der Waals surface area (Å²) in [6.45, 7) is 9.78. The maximum absolute atomic E-state index is 14.2. The summed E-state index contributed by atoms with van der Waals surface area (Å²) in [7, 11) is 0. The van der Waals surface area contributed by atoms with E-state index in [-0.39, 0.29) is 22.9 Å². The highest BCUT2D eigenvalue weighted by Crippen LogP contribution is 2.31. The zero-order valence-electron chi connectivity index (χ0n) is 16.9. The molecule has 28 heavy (non-hydrogen) atoms. The number of hydrogen-bond acceptors (Lipinski definition) is 6. The van der Waals surface area contributed by atoms with Crippen LogP contribution in [0.15, 0.2) is 21.8 Å². The van der Waals surface area contributed by atoms with Gasteiger partial charge in [-0.2, -0.15) is 0 Å². The Kier molecular flexibility index (Phi) is 7.83. The van der Waals surface area contributed by atoms with Crippen molar-refractivity contribution in [1.29, 1.82) is 0 Å². The Morgan fingerprint density at radius 2 is 2.14 bits per heavy atom. The molecule has 0 amide bonds. The van der Waals surface area contributed by atoms with E-state index in [0.29, 0.717) is 17.9 Å². The summed E-state index contributed by atoms with van der Waals surface area (Å²) in [6, 6.07) is 2.76. The molecule has 0 saturated carbocycles. The number of ether oxygens (including phenoxy) is 3. The quantitative estimate of drug-likeness (QED) is 0.419. The predicted octanol–water partition coefficient (Wildman–Crippen LogP) is 4.62. The van der Waals surface area contributed by atoms with Crippen LogP contribution < -0.4 is 4.74 Å². The first-order valence-corrected chi connectivity index (χ1v) is 10.1. The SMILES string of the molecule is CCCCO[C@@H]1CON=C1c1cc(Br)c(F)cc1O[C@@H](C)C(=O)OC(C)(C)C. The average molecular weight is 460 g/mol. The van der Waals surface area contributed by atoms with Gasteiger partial charge in [0.1, 0.15) is 35.6 Å². The summed E-state index contributed by atoms with van der Waals surface area (Å²) < 4.78 is 31.3. The van der Waals surface area contributed by atoms with Gasteiger partial charge in [0.2, 0.25) is 0 Å². The van der Waals surface area contributed by atoms with Crippen LogP contribution in [0, 0.1) is 5.82 Å². The minimum absolute atomic E-state index is 0.174. The van der Waals surface area contributed by atoms with Gasteiger partial charge >= 0.3 is 5.97 Å². The van der Waals surface area contributed by atoms with Crippen LogP contribution in [0.2, 0.25) is 0 Å². The number of nitrogens with zero attached hydrogens (tertiary/aromatic N) is 1. The largest absolute Gasteiger partial charge is 0.478 e. The van der Waals surface area contributed by atoms with Crippen molar-refractivity contribution in [3.05, 3.63) is 28.0 Å². The minimum Gasteiger partial charge on any atom is -0.478 e. The Bertz CT molecular complexity index is 732. The highest BCUT2D eigenvalue weighted by atomic mass is 79.9. The number of rotatable bonds is 8. The molecule has 0 saturated heterocycles. The van der Waals surface area contributed by atoms with Crippen LogP contribution in [-0.2, 0) is 19.1 Å². The summed E-state index contributed by atoms with van der Waals surface area (Å²) in [5.41, 5.74) is 0.357. The number of carbonyl (C=O) groups is 1. The molecule has 2 rings (SSSR count). The third-order valence-corrected chi connectivity index (χ3v) is 4.46. The van der Waals surface area contributed by atoms with Crippen LogP contribution >= 0.6 is 15.9 Å². The number of oxime groups is 1. The molecule has 8 heteroatoms. The molecule has 0 spiro atoms. The predicted molar refractivity (Wildman–Crippen MR) is 107 cm³/mol. The van der Waals surface area contributed by atoms with Crippen LogP contribution in [0.25, 0.3) is 0 Å². The second kappa shape index (κ2) is 9.69. The zero-order chi connectivity index (χ0) is 20.9. The Balaban J connectivity index is 2.25. The monoisotopic (exact) mass is 459 g/mol. The average Bonchev–Trinajstić information content (AvgIpc) is 3.05.